The fourth-order valence-electron chi connectivity index (χ4n) is 5.16. The van der Waals surface area contributed by atoms with Crippen LogP contribution in [-0.4, -0.2) is 55.3 Å². The fourth-order valence-corrected chi connectivity index (χ4v) is 5.16. The monoisotopic (exact) mass is 493 g/mol. The summed E-state index contributed by atoms with van der Waals surface area (Å²) in [5.74, 6) is -0.692. The predicted molar refractivity (Wildman–Crippen MR) is 140 cm³/mol. The molecule has 0 atom stereocenters. The maximum absolute atomic E-state index is 14.8. The van der Waals surface area contributed by atoms with E-state index in [9.17, 15) is 9.18 Å². The van der Waals surface area contributed by atoms with Crippen molar-refractivity contribution in [2.75, 3.05) is 20.1 Å². The standard InChI is InChI=1S/C28H24FN7O/c1-30-22-6-4-18(13-21(22)29)25-26(19-5-7-23-20(12-19)14-33-35(23)3)31-15-24-27(25)32-16-36(24)28(37)17-8-10-34(2)11-9-17/h4-7,12-17H,8-11H2,2-3H3. The van der Waals surface area contributed by atoms with Crippen LogP contribution >= 0.6 is 0 Å². The van der Waals surface area contributed by atoms with E-state index in [2.05, 4.69) is 26.9 Å². The molecular formula is C28H24FN7O. The van der Waals surface area contributed by atoms with Crippen molar-refractivity contribution in [1.82, 2.24) is 29.2 Å². The second-order valence-corrected chi connectivity index (χ2v) is 9.57. The van der Waals surface area contributed by atoms with E-state index in [1.165, 1.54) is 12.1 Å². The van der Waals surface area contributed by atoms with Gasteiger partial charge in [0.25, 0.3) is 0 Å². The van der Waals surface area contributed by atoms with Gasteiger partial charge in [0, 0.05) is 29.5 Å². The van der Waals surface area contributed by atoms with Crippen LogP contribution < -0.4 is 0 Å². The number of piperidine rings is 1. The number of carbonyl (C=O) groups excluding carboxylic acids is 1. The number of nitrogens with zero attached hydrogens (tertiary/aromatic N) is 7. The van der Waals surface area contributed by atoms with Crippen molar-refractivity contribution >= 4 is 33.5 Å². The van der Waals surface area contributed by atoms with Gasteiger partial charge in [0.15, 0.2) is 0 Å². The molecule has 1 saturated heterocycles. The number of rotatable bonds is 3. The lowest BCUT2D eigenvalue weighted by Gasteiger charge is -2.28. The Balaban J connectivity index is 1.54. The summed E-state index contributed by atoms with van der Waals surface area (Å²) in [4.78, 5) is 28.3. The zero-order valence-corrected chi connectivity index (χ0v) is 20.5. The molecule has 0 aliphatic carbocycles. The Morgan fingerprint density at radius 2 is 1.81 bits per heavy atom. The van der Waals surface area contributed by atoms with Gasteiger partial charge in [-0.05, 0) is 56.7 Å². The normalized spacial score (nSPS) is 14.9. The number of likely N-dealkylation sites (tertiary alicyclic amines) is 1. The van der Waals surface area contributed by atoms with Gasteiger partial charge in [-0.2, -0.15) is 5.10 Å². The van der Waals surface area contributed by atoms with E-state index in [-0.39, 0.29) is 17.5 Å². The van der Waals surface area contributed by atoms with Gasteiger partial charge in [-0.3, -0.25) is 19.0 Å². The molecule has 6 rings (SSSR count). The number of hydrogen-bond acceptors (Lipinski definition) is 5. The molecule has 8 nitrogen and oxygen atoms in total. The van der Waals surface area contributed by atoms with E-state index in [0.717, 1.165) is 42.4 Å². The molecule has 3 aromatic heterocycles. The molecule has 2 aromatic carbocycles. The molecule has 184 valence electrons. The Labute approximate surface area is 212 Å². The van der Waals surface area contributed by atoms with Crippen molar-refractivity contribution in [2.24, 2.45) is 13.0 Å². The van der Waals surface area contributed by atoms with Crippen LogP contribution in [0.4, 0.5) is 10.1 Å². The molecule has 0 bridgehead atoms. The van der Waals surface area contributed by atoms with Crippen molar-refractivity contribution in [2.45, 2.75) is 12.8 Å². The summed E-state index contributed by atoms with van der Waals surface area (Å²) in [5, 5.41) is 5.28. The SMILES string of the molecule is [C-]#[N+]c1ccc(-c2c(-c3ccc4c(cnn4C)c3)ncc3c2ncn3C(=O)C2CCN(C)CC2)cc1F. The second kappa shape index (κ2) is 8.91. The number of halogens is 1. The third kappa shape index (κ3) is 3.86. The first-order valence-corrected chi connectivity index (χ1v) is 12.1. The first kappa shape index (κ1) is 23.0. The van der Waals surface area contributed by atoms with E-state index in [4.69, 9.17) is 11.6 Å². The molecule has 1 fully saturated rings. The molecule has 0 N–H and O–H groups in total. The predicted octanol–water partition coefficient (Wildman–Crippen LogP) is 5.32. The van der Waals surface area contributed by atoms with Gasteiger partial charge >= 0.3 is 0 Å². The maximum Gasteiger partial charge on any atom is 0.235 e. The van der Waals surface area contributed by atoms with E-state index >= 15 is 0 Å². The van der Waals surface area contributed by atoms with Crippen molar-refractivity contribution in [3.8, 4) is 22.4 Å². The minimum atomic E-state index is -0.611. The van der Waals surface area contributed by atoms with E-state index in [0.29, 0.717) is 27.9 Å². The molecule has 9 heteroatoms. The molecule has 37 heavy (non-hydrogen) atoms. The van der Waals surface area contributed by atoms with Crippen LogP contribution in [0.5, 0.6) is 0 Å². The summed E-state index contributed by atoms with van der Waals surface area (Å²) >= 11 is 0. The molecule has 4 heterocycles. The van der Waals surface area contributed by atoms with Crippen LogP contribution in [-0.2, 0) is 7.05 Å². The van der Waals surface area contributed by atoms with Gasteiger partial charge in [-0.25, -0.2) is 14.2 Å². The van der Waals surface area contributed by atoms with Crippen LogP contribution in [0.15, 0.2) is 55.1 Å². The Hall–Kier alpha value is -4.42. The summed E-state index contributed by atoms with van der Waals surface area (Å²) < 4.78 is 18.1. The van der Waals surface area contributed by atoms with Gasteiger partial charge in [0.2, 0.25) is 11.6 Å². The first-order chi connectivity index (χ1) is 17.9. The van der Waals surface area contributed by atoms with Crippen LogP contribution in [0.2, 0.25) is 0 Å². The first-order valence-electron chi connectivity index (χ1n) is 12.1. The minimum absolute atomic E-state index is 0.00224. The highest BCUT2D eigenvalue weighted by Gasteiger charge is 2.27. The van der Waals surface area contributed by atoms with E-state index in [1.807, 2.05) is 25.2 Å². The number of imidazole rings is 1. The Morgan fingerprint density at radius 3 is 2.57 bits per heavy atom. The highest BCUT2D eigenvalue weighted by atomic mass is 19.1. The average Bonchev–Trinajstić information content (AvgIpc) is 3.51. The summed E-state index contributed by atoms with van der Waals surface area (Å²) in [5.41, 5.74) is 4.67. The Morgan fingerprint density at radius 1 is 1.03 bits per heavy atom. The quantitative estimate of drug-likeness (QED) is 0.318. The molecule has 0 saturated carbocycles. The molecule has 1 aliphatic heterocycles. The van der Waals surface area contributed by atoms with Crippen LogP contribution in [0.25, 0.3) is 49.2 Å². The number of fused-ring (bicyclic) bond motifs is 2. The summed E-state index contributed by atoms with van der Waals surface area (Å²) in [6, 6.07) is 10.4. The van der Waals surface area contributed by atoms with E-state index in [1.54, 1.807) is 34.0 Å². The smallest absolute Gasteiger partial charge is 0.235 e. The highest BCUT2D eigenvalue weighted by Crippen LogP contribution is 2.38. The van der Waals surface area contributed by atoms with Crippen molar-refractivity contribution in [3.05, 3.63) is 72.4 Å². The van der Waals surface area contributed by atoms with Crippen molar-refractivity contribution in [3.63, 3.8) is 0 Å². The molecule has 0 radical (unpaired) electrons. The lowest BCUT2D eigenvalue weighted by atomic mass is 9.95. The highest BCUT2D eigenvalue weighted by molar-refractivity contribution is 6.03. The molecule has 5 aromatic rings. The maximum atomic E-state index is 14.8. The van der Waals surface area contributed by atoms with Crippen molar-refractivity contribution < 1.29 is 9.18 Å². The zero-order chi connectivity index (χ0) is 25.7. The Bertz CT molecular complexity index is 1720. The molecule has 0 amide bonds. The number of pyridine rings is 1. The molecule has 0 spiro atoms. The van der Waals surface area contributed by atoms with Gasteiger partial charge in [-0.1, -0.05) is 18.2 Å². The van der Waals surface area contributed by atoms with Crippen molar-refractivity contribution in [1.29, 1.82) is 0 Å². The lowest BCUT2D eigenvalue weighted by Crippen LogP contribution is -2.35. The minimum Gasteiger partial charge on any atom is -0.306 e. The lowest BCUT2D eigenvalue weighted by molar-refractivity contribution is 0.0773. The van der Waals surface area contributed by atoms with Gasteiger partial charge in [0.1, 0.15) is 17.7 Å². The molecule has 1 aliphatic rings. The summed E-state index contributed by atoms with van der Waals surface area (Å²) in [7, 11) is 3.94. The summed E-state index contributed by atoms with van der Waals surface area (Å²) in [6.45, 7) is 8.97. The summed E-state index contributed by atoms with van der Waals surface area (Å²) in [6.07, 6.45) is 6.60. The van der Waals surface area contributed by atoms with Crippen LogP contribution in [0, 0.1) is 18.3 Å². The third-order valence-electron chi connectivity index (χ3n) is 7.28. The van der Waals surface area contributed by atoms with Gasteiger partial charge < -0.3 is 4.90 Å². The number of carbonyl (C=O) groups is 1. The van der Waals surface area contributed by atoms with Gasteiger partial charge in [-0.15, -0.1) is 0 Å². The van der Waals surface area contributed by atoms with Crippen LogP contribution in [0.3, 0.4) is 0 Å². The van der Waals surface area contributed by atoms with Crippen LogP contribution in [0.1, 0.15) is 17.6 Å². The second-order valence-electron chi connectivity index (χ2n) is 9.57. The molecular weight excluding hydrogens is 469 g/mol. The largest absolute Gasteiger partial charge is 0.306 e. The Kier molecular flexibility index (Phi) is 5.54. The average molecular weight is 494 g/mol. The fraction of sp³-hybridized carbons (Fsp3) is 0.250. The number of benzene rings is 2. The third-order valence-corrected chi connectivity index (χ3v) is 7.28. The zero-order valence-electron chi connectivity index (χ0n) is 20.5. The number of hydrogen-bond donors (Lipinski definition) is 0. The number of aromatic nitrogens is 5. The molecule has 0 unspecified atom stereocenters. The van der Waals surface area contributed by atoms with Gasteiger partial charge in [0.05, 0.1) is 35.7 Å². The topological polar surface area (TPSA) is 73.2 Å². The number of aryl methyl sites for hydroxylation is 1. The van der Waals surface area contributed by atoms with E-state index < -0.39 is 5.82 Å².